The molecule has 2 aromatic rings. The molecule has 2 rings (SSSR count). The second-order valence-electron chi connectivity index (χ2n) is 4.37. The van der Waals surface area contributed by atoms with Gasteiger partial charge in [-0.15, -0.1) is 0 Å². The first-order chi connectivity index (χ1) is 9.15. The van der Waals surface area contributed by atoms with E-state index in [9.17, 15) is 8.78 Å². The van der Waals surface area contributed by atoms with E-state index in [1.807, 2.05) is 13.0 Å². The number of halogens is 2. The number of nitrogens with zero attached hydrogens (tertiary/aromatic N) is 1. The van der Waals surface area contributed by atoms with Gasteiger partial charge in [-0.2, -0.15) is 5.26 Å². The van der Waals surface area contributed by atoms with E-state index in [4.69, 9.17) is 5.26 Å². The molecule has 96 valence electrons. The van der Waals surface area contributed by atoms with Crippen LogP contribution in [0.1, 0.15) is 24.5 Å². The van der Waals surface area contributed by atoms with E-state index in [0.717, 1.165) is 18.4 Å². The lowest BCUT2D eigenvalue weighted by Gasteiger charge is -2.06. The van der Waals surface area contributed by atoms with Crippen molar-refractivity contribution in [1.82, 2.24) is 0 Å². The maximum absolute atomic E-state index is 14.0. The highest BCUT2D eigenvalue weighted by atomic mass is 19.1. The quantitative estimate of drug-likeness (QED) is 0.796. The average Bonchev–Trinajstić information content (AvgIpc) is 2.39. The van der Waals surface area contributed by atoms with Crippen molar-refractivity contribution in [3.63, 3.8) is 0 Å². The Morgan fingerprint density at radius 1 is 1.05 bits per heavy atom. The van der Waals surface area contributed by atoms with E-state index in [1.165, 1.54) is 18.2 Å². The number of rotatable bonds is 3. The van der Waals surface area contributed by atoms with Crippen LogP contribution in [0.25, 0.3) is 11.1 Å². The van der Waals surface area contributed by atoms with Crippen LogP contribution in [0.4, 0.5) is 8.78 Å². The first-order valence-electron chi connectivity index (χ1n) is 6.14. The molecule has 0 aliphatic rings. The number of benzene rings is 2. The normalized spacial score (nSPS) is 10.2. The molecule has 3 heteroatoms. The minimum absolute atomic E-state index is 0.0354. The van der Waals surface area contributed by atoms with Crippen molar-refractivity contribution in [2.45, 2.75) is 19.8 Å². The van der Waals surface area contributed by atoms with Gasteiger partial charge in [-0.3, -0.25) is 0 Å². The van der Waals surface area contributed by atoms with Crippen LogP contribution in [-0.4, -0.2) is 0 Å². The number of aryl methyl sites for hydroxylation is 1. The molecule has 0 aliphatic heterocycles. The van der Waals surface area contributed by atoms with E-state index < -0.39 is 5.82 Å². The van der Waals surface area contributed by atoms with Crippen LogP contribution >= 0.6 is 0 Å². The second-order valence-corrected chi connectivity index (χ2v) is 4.37. The van der Waals surface area contributed by atoms with Crippen LogP contribution in [0.3, 0.4) is 0 Å². The van der Waals surface area contributed by atoms with Crippen LogP contribution in [0.5, 0.6) is 0 Å². The summed E-state index contributed by atoms with van der Waals surface area (Å²) in [5.74, 6) is -0.993. The van der Waals surface area contributed by atoms with Crippen molar-refractivity contribution < 1.29 is 8.78 Å². The van der Waals surface area contributed by atoms with Gasteiger partial charge in [0.1, 0.15) is 17.7 Å². The molecular weight excluding hydrogens is 244 g/mol. The highest BCUT2D eigenvalue weighted by molar-refractivity contribution is 5.65. The molecular formula is C16H13F2N. The highest BCUT2D eigenvalue weighted by Crippen LogP contribution is 2.25. The summed E-state index contributed by atoms with van der Waals surface area (Å²) in [5, 5.41) is 8.67. The van der Waals surface area contributed by atoms with Crippen molar-refractivity contribution in [1.29, 1.82) is 5.26 Å². The molecule has 0 N–H and O–H groups in total. The molecule has 0 heterocycles. The van der Waals surface area contributed by atoms with E-state index in [-0.39, 0.29) is 11.4 Å². The summed E-state index contributed by atoms with van der Waals surface area (Å²) in [6, 6.07) is 10.8. The van der Waals surface area contributed by atoms with Gasteiger partial charge < -0.3 is 0 Å². The lowest BCUT2D eigenvalue weighted by atomic mass is 10.0. The van der Waals surface area contributed by atoms with Crippen LogP contribution < -0.4 is 0 Å². The van der Waals surface area contributed by atoms with Crippen molar-refractivity contribution in [2.75, 3.05) is 0 Å². The zero-order valence-corrected chi connectivity index (χ0v) is 10.6. The Hall–Kier alpha value is -2.21. The molecule has 2 aromatic carbocycles. The molecule has 0 saturated heterocycles. The fourth-order valence-electron chi connectivity index (χ4n) is 2.01. The van der Waals surface area contributed by atoms with E-state index >= 15 is 0 Å². The summed E-state index contributed by atoms with van der Waals surface area (Å²) in [6.07, 6.45) is 1.77. The Balaban J connectivity index is 2.42. The van der Waals surface area contributed by atoms with E-state index in [2.05, 4.69) is 0 Å². The number of nitriles is 1. The van der Waals surface area contributed by atoms with Gasteiger partial charge in [0.05, 0.1) is 5.56 Å². The molecule has 0 radical (unpaired) electrons. The van der Waals surface area contributed by atoms with Crippen LogP contribution in [0, 0.1) is 23.0 Å². The fraction of sp³-hybridized carbons (Fsp3) is 0.188. The summed E-state index contributed by atoms with van der Waals surface area (Å²) in [7, 11) is 0. The molecule has 0 saturated carbocycles. The summed E-state index contributed by atoms with van der Waals surface area (Å²) in [5.41, 5.74) is 1.69. The number of hydrogen-bond acceptors (Lipinski definition) is 1. The van der Waals surface area contributed by atoms with Crippen molar-refractivity contribution in [2.24, 2.45) is 0 Å². The summed E-state index contributed by atoms with van der Waals surface area (Å²) in [4.78, 5) is 0. The van der Waals surface area contributed by atoms with Crippen LogP contribution in [0.15, 0.2) is 36.4 Å². The minimum atomic E-state index is -0.628. The van der Waals surface area contributed by atoms with Gasteiger partial charge in [0.2, 0.25) is 0 Å². The first kappa shape index (κ1) is 13.2. The fourth-order valence-corrected chi connectivity index (χ4v) is 2.01. The maximum Gasteiger partial charge on any atom is 0.141 e. The molecule has 0 amide bonds. The van der Waals surface area contributed by atoms with Gasteiger partial charge >= 0.3 is 0 Å². The van der Waals surface area contributed by atoms with Gasteiger partial charge in [0.25, 0.3) is 0 Å². The summed E-state index contributed by atoms with van der Waals surface area (Å²) < 4.78 is 27.5. The molecule has 19 heavy (non-hydrogen) atoms. The molecule has 0 aliphatic carbocycles. The SMILES string of the molecule is CCCc1ccc(-c2ccc(C#N)c(F)c2)c(F)c1. The minimum Gasteiger partial charge on any atom is -0.206 e. The Labute approximate surface area is 111 Å². The van der Waals surface area contributed by atoms with Crippen molar-refractivity contribution in [3.8, 4) is 17.2 Å². The lowest BCUT2D eigenvalue weighted by molar-refractivity contribution is 0.621. The van der Waals surface area contributed by atoms with E-state index in [0.29, 0.717) is 11.1 Å². The highest BCUT2D eigenvalue weighted by Gasteiger charge is 2.09. The van der Waals surface area contributed by atoms with Gasteiger partial charge in [-0.05, 0) is 35.7 Å². The Kier molecular flexibility index (Phi) is 3.91. The summed E-state index contributed by atoms with van der Waals surface area (Å²) in [6.45, 7) is 2.03. The Bertz CT molecular complexity index is 642. The third kappa shape index (κ3) is 2.79. The van der Waals surface area contributed by atoms with Gasteiger partial charge in [-0.1, -0.05) is 31.5 Å². The third-order valence-corrected chi connectivity index (χ3v) is 2.97. The van der Waals surface area contributed by atoms with Gasteiger partial charge in [0.15, 0.2) is 0 Å². The molecule has 0 fully saturated rings. The molecule has 0 aromatic heterocycles. The van der Waals surface area contributed by atoms with E-state index in [1.54, 1.807) is 18.2 Å². The average molecular weight is 257 g/mol. The second kappa shape index (κ2) is 5.62. The predicted octanol–water partition coefficient (Wildman–Crippen LogP) is 4.46. The maximum atomic E-state index is 14.0. The molecule has 0 spiro atoms. The molecule has 0 bridgehead atoms. The molecule has 0 unspecified atom stereocenters. The zero-order chi connectivity index (χ0) is 13.8. The van der Waals surface area contributed by atoms with Crippen LogP contribution in [-0.2, 0) is 6.42 Å². The van der Waals surface area contributed by atoms with Crippen molar-refractivity contribution in [3.05, 3.63) is 59.2 Å². The largest absolute Gasteiger partial charge is 0.206 e. The molecule has 1 nitrogen and oxygen atoms in total. The molecule has 0 atom stereocenters. The topological polar surface area (TPSA) is 23.8 Å². The van der Waals surface area contributed by atoms with Gasteiger partial charge in [0, 0.05) is 5.56 Å². The first-order valence-corrected chi connectivity index (χ1v) is 6.14. The zero-order valence-electron chi connectivity index (χ0n) is 10.6. The Morgan fingerprint density at radius 3 is 2.42 bits per heavy atom. The third-order valence-electron chi connectivity index (χ3n) is 2.97. The van der Waals surface area contributed by atoms with Gasteiger partial charge in [-0.25, -0.2) is 8.78 Å². The predicted molar refractivity (Wildman–Crippen MR) is 70.5 cm³/mol. The van der Waals surface area contributed by atoms with Crippen LogP contribution in [0.2, 0.25) is 0 Å². The standard InChI is InChI=1S/C16H13F2N/c1-2-3-11-4-7-14(16(18)8-11)12-5-6-13(10-19)15(17)9-12/h4-9H,2-3H2,1H3. The summed E-state index contributed by atoms with van der Waals surface area (Å²) >= 11 is 0. The Morgan fingerprint density at radius 2 is 1.84 bits per heavy atom. The smallest absolute Gasteiger partial charge is 0.141 e. The van der Waals surface area contributed by atoms with Crippen molar-refractivity contribution >= 4 is 0 Å². The number of hydrogen-bond donors (Lipinski definition) is 0. The lowest BCUT2D eigenvalue weighted by Crippen LogP contribution is -1.91. The monoisotopic (exact) mass is 257 g/mol.